The van der Waals surface area contributed by atoms with Crippen molar-refractivity contribution in [3.05, 3.63) is 70.6 Å². The topological polar surface area (TPSA) is 99.1 Å². The number of nitrogens with two attached hydrogens (primary N) is 1. The number of hydrogen-bond acceptors (Lipinski definition) is 3. The Balaban J connectivity index is 1.74. The summed E-state index contributed by atoms with van der Waals surface area (Å²) in [5.74, 6) is -0.982. The molecule has 0 radical (unpaired) electrons. The molecule has 0 fully saturated rings. The van der Waals surface area contributed by atoms with E-state index in [9.17, 15) is 14.4 Å². The maximum atomic E-state index is 12.4. The highest BCUT2D eigenvalue weighted by atomic mass is 16.2. The molecule has 2 amide bonds. The van der Waals surface area contributed by atoms with E-state index in [0.717, 1.165) is 11.0 Å². The van der Waals surface area contributed by atoms with Crippen molar-refractivity contribution in [1.29, 1.82) is 0 Å². The number of benzene rings is 2. The van der Waals surface area contributed by atoms with Crippen LogP contribution in [0, 0.1) is 0 Å². The Labute approximate surface area is 150 Å². The molecule has 134 valence electrons. The molecule has 0 bridgehead atoms. The molecule has 1 atom stereocenters. The molecular formula is C19H20N4O3. The van der Waals surface area contributed by atoms with Crippen molar-refractivity contribution in [2.24, 2.45) is 12.8 Å². The van der Waals surface area contributed by atoms with Crippen LogP contribution in [0.2, 0.25) is 0 Å². The molecule has 0 aliphatic carbocycles. The molecule has 3 rings (SSSR count). The second-order valence-corrected chi connectivity index (χ2v) is 6.05. The predicted octanol–water partition coefficient (Wildman–Crippen LogP) is 1.07. The lowest BCUT2D eigenvalue weighted by Crippen LogP contribution is -2.38. The van der Waals surface area contributed by atoms with Gasteiger partial charge in [-0.15, -0.1) is 0 Å². The van der Waals surface area contributed by atoms with Gasteiger partial charge in [0.05, 0.1) is 11.0 Å². The standard InChI is InChI=1S/C19H20N4O3/c1-22-14-9-5-6-10-15(14)23(19(22)26)12-11-16(24)21-17(18(20)25)13-7-3-2-4-8-13/h2-10,17H,11-12H2,1H3,(H2,20,25)(H,21,24)/t17-/m1/s1. The second-order valence-electron chi connectivity index (χ2n) is 6.05. The van der Waals surface area contributed by atoms with E-state index in [1.165, 1.54) is 0 Å². The van der Waals surface area contributed by atoms with Crippen LogP contribution in [0.25, 0.3) is 11.0 Å². The SMILES string of the molecule is Cn1c(=O)n(CCC(=O)N[C@@H](C(N)=O)c2ccccc2)c2ccccc21. The van der Waals surface area contributed by atoms with E-state index in [2.05, 4.69) is 5.32 Å². The van der Waals surface area contributed by atoms with Crippen LogP contribution >= 0.6 is 0 Å². The van der Waals surface area contributed by atoms with Gasteiger partial charge in [0.2, 0.25) is 11.8 Å². The summed E-state index contributed by atoms with van der Waals surface area (Å²) in [5.41, 5.74) is 7.42. The lowest BCUT2D eigenvalue weighted by Gasteiger charge is -2.16. The average molecular weight is 352 g/mol. The molecule has 0 aliphatic heterocycles. The fourth-order valence-corrected chi connectivity index (χ4v) is 2.99. The number of imidazole rings is 1. The van der Waals surface area contributed by atoms with Gasteiger partial charge in [0.15, 0.2) is 0 Å². The molecule has 1 heterocycles. The lowest BCUT2D eigenvalue weighted by atomic mass is 10.1. The van der Waals surface area contributed by atoms with Crippen LogP contribution in [-0.2, 0) is 23.2 Å². The van der Waals surface area contributed by atoms with Gasteiger partial charge in [-0.3, -0.25) is 18.7 Å². The van der Waals surface area contributed by atoms with E-state index >= 15 is 0 Å². The number of aromatic nitrogens is 2. The molecular weight excluding hydrogens is 332 g/mol. The van der Waals surface area contributed by atoms with Crippen molar-refractivity contribution < 1.29 is 9.59 Å². The number of para-hydroxylation sites is 2. The van der Waals surface area contributed by atoms with E-state index in [1.54, 1.807) is 40.4 Å². The van der Waals surface area contributed by atoms with Crippen molar-refractivity contribution in [2.45, 2.75) is 19.0 Å². The molecule has 7 nitrogen and oxygen atoms in total. The molecule has 7 heteroatoms. The summed E-state index contributed by atoms with van der Waals surface area (Å²) in [7, 11) is 1.69. The van der Waals surface area contributed by atoms with E-state index in [4.69, 9.17) is 5.73 Å². The molecule has 3 aromatic rings. The summed E-state index contributed by atoms with van der Waals surface area (Å²) in [5, 5.41) is 2.64. The number of hydrogen-bond donors (Lipinski definition) is 2. The summed E-state index contributed by atoms with van der Waals surface area (Å²) in [6, 6.07) is 15.3. The summed E-state index contributed by atoms with van der Waals surface area (Å²) in [4.78, 5) is 36.4. The number of nitrogens with one attached hydrogen (secondary N) is 1. The number of nitrogens with zero attached hydrogens (tertiary/aromatic N) is 2. The van der Waals surface area contributed by atoms with Crippen molar-refractivity contribution >= 4 is 22.8 Å². The van der Waals surface area contributed by atoms with Gasteiger partial charge >= 0.3 is 5.69 Å². The number of primary amides is 1. The smallest absolute Gasteiger partial charge is 0.328 e. The summed E-state index contributed by atoms with van der Waals surface area (Å²) >= 11 is 0. The zero-order valence-corrected chi connectivity index (χ0v) is 14.4. The van der Waals surface area contributed by atoms with Gasteiger partial charge in [0.1, 0.15) is 6.04 Å². The Morgan fingerprint density at radius 2 is 1.65 bits per heavy atom. The van der Waals surface area contributed by atoms with Crippen LogP contribution in [-0.4, -0.2) is 20.9 Å². The Morgan fingerprint density at radius 3 is 2.31 bits per heavy atom. The maximum absolute atomic E-state index is 12.4. The van der Waals surface area contributed by atoms with Crippen LogP contribution in [0.4, 0.5) is 0 Å². The summed E-state index contributed by atoms with van der Waals surface area (Å²) in [6.45, 7) is 0.215. The largest absolute Gasteiger partial charge is 0.368 e. The Morgan fingerprint density at radius 1 is 1.04 bits per heavy atom. The van der Waals surface area contributed by atoms with Gasteiger partial charge in [-0.1, -0.05) is 42.5 Å². The fourth-order valence-electron chi connectivity index (χ4n) is 2.99. The van der Waals surface area contributed by atoms with Crippen LogP contribution in [0.5, 0.6) is 0 Å². The average Bonchev–Trinajstić information content (AvgIpc) is 2.89. The van der Waals surface area contributed by atoms with Crippen molar-refractivity contribution in [3.8, 4) is 0 Å². The number of amides is 2. The van der Waals surface area contributed by atoms with E-state index in [0.29, 0.717) is 5.56 Å². The first-order chi connectivity index (χ1) is 12.5. The van der Waals surface area contributed by atoms with Gasteiger partial charge in [0, 0.05) is 20.0 Å². The number of carbonyl (C=O) groups excluding carboxylic acids is 2. The summed E-state index contributed by atoms with van der Waals surface area (Å²) in [6.07, 6.45) is 0.0600. The van der Waals surface area contributed by atoms with E-state index in [1.807, 2.05) is 30.3 Å². The van der Waals surface area contributed by atoms with Gasteiger partial charge in [-0.2, -0.15) is 0 Å². The van der Waals surface area contributed by atoms with Crippen molar-refractivity contribution in [2.75, 3.05) is 0 Å². The van der Waals surface area contributed by atoms with Crippen molar-refractivity contribution in [1.82, 2.24) is 14.5 Å². The molecule has 3 N–H and O–H groups in total. The zero-order valence-electron chi connectivity index (χ0n) is 14.4. The minimum Gasteiger partial charge on any atom is -0.368 e. The molecule has 0 unspecified atom stereocenters. The maximum Gasteiger partial charge on any atom is 0.328 e. The third-order valence-corrected chi connectivity index (χ3v) is 4.34. The molecule has 2 aromatic carbocycles. The fraction of sp³-hybridized carbons (Fsp3) is 0.211. The van der Waals surface area contributed by atoms with Gasteiger partial charge < -0.3 is 11.1 Å². The Kier molecular flexibility index (Phi) is 4.88. The number of aryl methyl sites for hydroxylation is 2. The molecule has 26 heavy (non-hydrogen) atoms. The Hall–Kier alpha value is -3.35. The first kappa shape index (κ1) is 17.5. The predicted molar refractivity (Wildman–Crippen MR) is 98.3 cm³/mol. The molecule has 0 spiro atoms. The molecule has 0 saturated carbocycles. The monoisotopic (exact) mass is 352 g/mol. The number of rotatable bonds is 6. The minimum absolute atomic E-state index is 0.0600. The first-order valence-corrected chi connectivity index (χ1v) is 8.27. The highest BCUT2D eigenvalue weighted by Crippen LogP contribution is 2.14. The van der Waals surface area contributed by atoms with Crippen LogP contribution in [0.15, 0.2) is 59.4 Å². The molecule has 1 aromatic heterocycles. The lowest BCUT2D eigenvalue weighted by molar-refractivity contribution is -0.127. The normalized spacial score (nSPS) is 12.0. The first-order valence-electron chi connectivity index (χ1n) is 8.27. The third kappa shape index (κ3) is 3.37. The van der Waals surface area contributed by atoms with Gasteiger partial charge in [-0.05, 0) is 17.7 Å². The van der Waals surface area contributed by atoms with Gasteiger partial charge in [-0.25, -0.2) is 4.79 Å². The quantitative estimate of drug-likeness (QED) is 0.694. The molecule has 0 saturated heterocycles. The highest BCUT2D eigenvalue weighted by molar-refractivity contribution is 5.87. The number of carbonyl (C=O) groups is 2. The third-order valence-electron chi connectivity index (χ3n) is 4.34. The zero-order chi connectivity index (χ0) is 18.7. The van der Waals surface area contributed by atoms with Crippen LogP contribution < -0.4 is 16.7 Å². The second kappa shape index (κ2) is 7.26. The van der Waals surface area contributed by atoms with Crippen LogP contribution in [0.1, 0.15) is 18.0 Å². The van der Waals surface area contributed by atoms with Crippen LogP contribution in [0.3, 0.4) is 0 Å². The Bertz CT molecular complexity index is 1000. The summed E-state index contributed by atoms with van der Waals surface area (Å²) < 4.78 is 3.10. The minimum atomic E-state index is -0.895. The van der Waals surface area contributed by atoms with E-state index in [-0.39, 0.29) is 24.6 Å². The van der Waals surface area contributed by atoms with Crippen molar-refractivity contribution in [3.63, 3.8) is 0 Å². The van der Waals surface area contributed by atoms with Gasteiger partial charge in [0.25, 0.3) is 0 Å². The number of fused-ring (bicyclic) bond motifs is 1. The highest BCUT2D eigenvalue weighted by Gasteiger charge is 2.20. The molecule has 0 aliphatic rings. The van der Waals surface area contributed by atoms with E-state index < -0.39 is 11.9 Å².